The second kappa shape index (κ2) is 5.44. The highest BCUT2D eigenvalue weighted by atomic mass is 28.3. The van der Waals surface area contributed by atoms with Crippen LogP contribution in [0.5, 0.6) is 0 Å². The van der Waals surface area contributed by atoms with Gasteiger partial charge in [0.25, 0.3) is 0 Å². The monoisotopic (exact) mass is 254 g/mol. The van der Waals surface area contributed by atoms with Gasteiger partial charge in [-0.25, -0.2) is 0 Å². The van der Waals surface area contributed by atoms with Gasteiger partial charge in [0.05, 0.1) is 19.4 Å². The molecule has 0 amide bonds. The highest BCUT2D eigenvalue weighted by Gasteiger charge is 2.62. The molecule has 1 heterocycles. The summed E-state index contributed by atoms with van der Waals surface area (Å²) in [7, 11) is -1.15. The van der Waals surface area contributed by atoms with E-state index < -0.39 is 8.07 Å². The van der Waals surface area contributed by atoms with Gasteiger partial charge in [-0.3, -0.25) is 0 Å². The largest absolute Gasteiger partial charge is 0.370 e. The van der Waals surface area contributed by atoms with Gasteiger partial charge in [0.1, 0.15) is 0 Å². The molecule has 100 valence electrons. The average Bonchev–Trinajstić information content (AvgIpc) is 2.92. The van der Waals surface area contributed by atoms with Gasteiger partial charge in [-0.1, -0.05) is 71.0 Å². The molecule has 2 heteroatoms. The van der Waals surface area contributed by atoms with Crippen molar-refractivity contribution in [2.75, 3.05) is 0 Å². The molecule has 0 radical (unpaired) electrons. The Morgan fingerprint density at radius 2 is 1.35 bits per heavy atom. The van der Waals surface area contributed by atoms with E-state index in [0.29, 0.717) is 11.3 Å². The highest BCUT2D eigenvalue weighted by Crippen LogP contribution is 2.50. The number of hydrogen-bond donors (Lipinski definition) is 0. The van der Waals surface area contributed by atoms with Crippen molar-refractivity contribution in [1.82, 2.24) is 0 Å². The zero-order valence-electron chi connectivity index (χ0n) is 12.1. The molecular formula is C15H30OSi. The van der Waals surface area contributed by atoms with Crippen LogP contribution in [0.25, 0.3) is 0 Å². The van der Waals surface area contributed by atoms with E-state index in [1.807, 2.05) is 0 Å². The van der Waals surface area contributed by atoms with Crippen molar-refractivity contribution in [3.63, 3.8) is 0 Å². The molecule has 2 aliphatic rings. The smallest absolute Gasteiger partial charge is 0.0858 e. The van der Waals surface area contributed by atoms with Crippen molar-refractivity contribution in [2.45, 2.75) is 95.2 Å². The van der Waals surface area contributed by atoms with E-state index in [2.05, 4.69) is 19.6 Å². The minimum absolute atomic E-state index is 0.367. The van der Waals surface area contributed by atoms with Gasteiger partial charge >= 0.3 is 0 Å². The Balaban J connectivity index is 1.93. The number of ether oxygens (including phenoxy) is 1. The lowest BCUT2D eigenvalue weighted by molar-refractivity contribution is 0.322. The van der Waals surface area contributed by atoms with Crippen LogP contribution in [-0.4, -0.2) is 19.4 Å². The van der Waals surface area contributed by atoms with E-state index in [0.717, 1.165) is 0 Å². The summed E-state index contributed by atoms with van der Waals surface area (Å²) in [5.74, 6) is 0. The fraction of sp³-hybridized carbons (Fsp3) is 1.00. The van der Waals surface area contributed by atoms with Crippen molar-refractivity contribution in [1.29, 1.82) is 0 Å². The minimum atomic E-state index is -1.15. The van der Waals surface area contributed by atoms with Crippen LogP contribution >= 0.6 is 0 Å². The van der Waals surface area contributed by atoms with Gasteiger partial charge in [-0.2, -0.15) is 0 Å². The van der Waals surface area contributed by atoms with Crippen molar-refractivity contribution < 1.29 is 4.74 Å². The summed E-state index contributed by atoms with van der Waals surface area (Å²) in [5.41, 5.74) is 0. The predicted molar refractivity (Wildman–Crippen MR) is 77.1 cm³/mol. The molecule has 1 saturated heterocycles. The molecule has 2 fully saturated rings. The molecule has 1 nitrogen and oxygen atoms in total. The lowest BCUT2D eigenvalue weighted by Gasteiger charge is -2.27. The van der Waals surface area contributed by atoms with Gasteiger partial charge in [0.15, 0.2) is 0 Å². The molecule has 0 unspecified atom stereocenters. The van der Waals surface area contributed by atoms with Gasteiger partial charge in [0, 0.05) is 0 Å². The second-order valence-electron chi connectivity index (χ2n) is 7.11. The summed E-state index contributed by atoms with van der Waals surface area (Å²) in [6.07, 6.45) is 14.8. The summed E-state index contributed by atoms with van der Waals surface area (Å²) in [4.78, 5) is 0. The van der Waals surface area contributed by atoms with Crippen molar-refractivity contribution in [3.05, 3.63) is 0 Å². The van der Waals surface area contributed by atoms with Crippen molar-refractivity contribution in [2.24, 2.45) is 0 Å². The Hall–Kier alpha value is 0.177. The number of epoxide rings is 1. The molecule has 2 rings (SSSR count). The zero-order chi connectivity index (χ0) is 12.4. The summed E-state index contributed by atoms with van der Waals surface area (Å²) >= 11 is 0. The Morgan fingerprint density at radius 1 is 0.824 bits per heavy atom. The molecule has 1 saturated carbocycles. The van der Waals surface area contributed by atoms with E-state index in [4.69, 9.17) is 4.74 Å². The van der Waals surface area contributed by atoms with Crippen molar-refractivity contribution in [3.8, 4) is 0 Å². The molecule has 1 aliphatic heterocycles. The van der Waals surface area contributed by atoms with E-state index in [1.165, 1.54) is 64.2 Å². The summed E-state index contributed by atoms with van der Waals surface area (Å²) in [6, 6.07) is 0. The van der Waals surface area contributed by atoms with Crippen LogP contribution in [0.15, 0.2) is 0 Å². The van der Waals surface area contributed by atoms with Gasteiger partial charge in [0.2, 0.25) is 0 Å². The number of fused-ring (bicyclic) bond motifs is 1. The summed E-state index contributed by atoms with van der Waals surface area (Å²) < 4.78 is 6.24. The quantitative estimate of drug-likeness (QED) is 0.478. The number of hydrogen-bond acceptors (Lipinski definition) is 1. The van der Waals surface area contributed by atoms with E-state index in [-0.39, 0.29) is 0 Å². The van der Waals surface area contributed by atoms with Crippen LogP contribution in [0.3, 0.4) is 0 Å². The Labute approximate surface area is 108 Å². The van der Waals surface area contributed by atoms with Crippen molar-refractivity contribution >= 4 is 8.07 Å². The number of rotatable bonds is 1. The van der Waals surface area contributed by atoms with E-state index in [9.17, 15) is 0 Å². The first kappa shape index (κ1) is 13.6. The molecular weight excluding hydrogens is 224 g/mol. The predicted octanol–water partition coefficient (Wildman–Crippen LogP) is 4.92. The summed E-state index contributed by atoms with van der Waals surface area (Å²) in [5, 5.41) is 0.367. The van der Waals surface area contributed by atoms with Gasteiger partial charge < -0.3 is 4.74 Å². The Kier molecular flexibility index (Phi) is 4.35. The fourth-order valence-corrected chi connectivity index (χ4v) is 6.08. The van der Waals surface area contributed by atoms with Crippen LogP contribution in [0.4, 0.5) is 0 Å². The molecule has 2 atom stereocenters. The molecule has 0 aromatic carbocycles. The van der Waals surface area contributed by atoms with E-state index in [1.54, 1.807) is 0 Å². The average molecular weight is 254 g/mol. The first-order chi connectivity index (χ1) is 8.06. The zero-order valence-corrected chi connectivity index (χ0v) is 13.1. The maximum atomic E-state index is 6.24. The Bertz CT molecular complexity index is 246. The fourth-order valence-electron chi connectivity index (χ4n) is 3.54. The first-order valence-electron chi connectivity index (χ1n) is 7.74. The lowest BCUT2D eigenvalue weighted by atomic mass is 10.0. The molecule has 0 N–H and O–H groups in total. The minimum Gasteiger partial charge on any atom is -0.370 e. The third kappa shape index (κ3) is 3.14. The van der Waals surface area contributed by atoms with Crippen LogP contribution in [0.2, 0.25) is 19.6 Å². The Morgan fingerprint density at radius 3 is 1.94 bits per heavy atom. The normalized spacial score (nSPS) is 36.5. The van der Waals surface area contributed by atoms with Crippen LogP contribution in [0.1, 0.15) is 64.2 Å². The third-order valence-corrected chi connectivity index (χ3v) is 8.08. The van der Waals surface area contributed by atoms with Crippen LogP contribution in [0, 0.1) is 0 Å². The molecule has 0 bridgehead atoms. The SMILES string of the molecule is C[Si](C)(C)[C@@]12CCCCCCCCCC[C@@H]1O2. The lowest BCUT2D eigenvalue weighted by Crippen LogP contribution is -2.43. The molecule has 0 aromatic heterocycles. The topological polar surface area (TPSA) is 12.5 Å². The molecule has 1 aliphatic carbocycles. The summed E-state index contributed by atoms with van der Waals surface area (Å²) in [6.45, 7) is 7.50. The van der Waals surface area contributed by atoms with Crippen LogP contribution < -0.4 is 0 Å². The standard InChI is InChI=1S/C15H30OSi/c1-17(2,3)15-13-11-9-7-5-4-6-8-10-12-14(15)16-15/h14H,4-13H2,1-3H3/t14-,15-/m0/s1. The molecule has 17 heavy (non-hydrogen) atoms. The third-order valence-electron chi connectivity index (χ3n) is 4.85. The molecule has 0 spiro atoms. The highest BCUT2D eigenvalue weighted by molar-refractivity contribution is 6.79. The molecule has 0 aromatic rings. The van der Waals surface area contributed by atoms with Crippen LogP contribution in [-0.2, 0) is 4.74 Å². The maximum Gasteiger partial charge on any atom is 0.0858 e. The maximum absolute atomic E-state index is 6.24. The second-order valence-corrected chi connectivity index (χ2v) is 12.5. The van der Waals surface area contributed by atoms with Gasteiger partial charge in [-0.05, 0) is 12.8 Å². The van der Waals surface area contributed by atoms with Gasteiger partial charge in [-0.15, -0.1) is 0 Å². The first-order valence-corrected chi connectivity index (χ1v) is 11.2. The van der Waals surface area contributed by atoms with E-state index >= 15 is 0 Å².